The van der Waals surface area contributed by atoms with Crippen molar-refractivity contribution in [2.45, 2.75) is 38.1 Å². The molecule has 1 aromatic heterocycles. The minimum absolute atomic E-state index is 0.192. The van der Waals surface area contributed by atoms with Crippen LogP contribution in [0.15, 0.2) is 5.38 Å². The lowest BCUT2D eigenvalue weighted by molar-refractivity contribution is 0.394. The van der Waals surface area contributed by atoms with E-state index in [4.69, 9.17) is 5.84 Å². The molecular formula is C9H16N4S. The number of hydrazine groups is 1. The quantitative estimate of drug-likeness (QED) is 0.588. The highest BCUT2D eigenvalue weighted by Crippen LogP contribution is 2.32. The Morgan fingerprint density at radius 1 is 1.57 bits per heavy atom. The summed E-state index contributed by atoms with van der Waals surface area (Å²) in [6.07, 6.45) is 6.53. The molecule has 78 valence electrons. The Balaban J connectivity index is 1.93. The van der Waals surface area contributed by atoms with Gasteiger partial charge in [0, 0.05) is 5.38 Å². The topological polar surface area (TPSA) is 63.8 Å². The number of nitrogens with zero attached hydrogens (tertiary/aromatic N) is 2. The number of nitrogens with two attached hydrogens (primary N) is 1. The summed E-state index contributed by atoms with van der Waals surface area (Å²) < 4.78 is 3.86. The summed E-state index contributed by atoms with van der Waals surface area (Å²) >= 11 is 1.38. The Hall–Kier alpha value is -0.520. The van der Waals surface area contributed by atoms with Gasteiger partial charge >= 0.3 is 0 Å². The van der Waals surface area contributed by atoms with Gasteiger partial charge in [0.15, 0.2) is 0 Å². The van der Waals surface area contributed by atoms with Crippen LogP contribution < -0.4 is 11.3 Å². The third kappa shape index (κ3) is 2.29. The van der Waals surface area contributed by atoms with Crippen LogP contribution in [-0.2, 0) is 0 Å². The second kappa shape index (κ2) is 4.82. The van der Waals surface area contributed by atoms with Crippen LogP contribution in [0, 0.1) is 5.92 Å². The first kappa shape index (κ1) is 10.0. The highest BCUT2D eigenvalue weighted by molar-refractivity contribution is 7.03. The van der Waals surface area contributed by atoms with E-state index in [0.29, 0.717) is 0 Å². The van der Waals surface area contributed by atoms with E-state index in [1.807, 2.05) is 5.38 Å². The van der Waals surface area contributed by atoms with Gasteiger partial charge in [-0.3, -0.25) is 11.3 Å². The smallest absolute Gasteiger partial charge is 0.0938 e. The summed E-state index contributed by atoms with van der Waals surface area (Å²) in [5.41, 5.74) is 3.83. The Kier molecular flexibility index (Phi) is 3.44. The van der Waals surface area contributed by atoms with Crippen molar-refractivity contribution in [3.05, 3.63) is 11.1 Å². The highest BCUT2D eigenvalue weighted by atomic mass is 32.1. The van der Waals surface area contributed by atoms with Gasteiger partial charge in [-0.15, -0.1) is 5.10 Å². The second-order valence-corrected chi connectivity index (χ2v) is 4.55. The summed E-state index contributed by atoms with van der Waals surface area (Å²) in [7, 11) is 0. The Morgan fingerprint density at radius 2 is 2.36 bits per heavy atom. The number of hydrogen-bond acceptors (Lipinski definition) is 5. The summed E-state index contributed by atoms with van der Waals surface area (Å²) in [5.74, 6) is 6.35. The Bertz CT molecular complexity index is 256. The van der Waals surface area contributed by atoms with Crippen molar-refractivity contribution in [2.24, 2.45) is 11.8 Å². The zero-order chi connectivity index (χ0) is 9.80. The van der Waals surface area contributed by atoms with E-state index in [1.54, 1.807) is 0 Å². The minimum Gasteiger partial charge on any atom is -0.271 e. The van der Waals surface area contributed by atoms with E-state index >= 15 is 0 Å². The van der Waals surface area contributed by atoms with Crippen LogP contribution in [0.3, 0.4) is 0 Å². The molecule has 1 aromatic rings. The lowest BCUT2D eigenvalue weighted by Crippen LogP contribution is -2.29. The van der Waals surface area contributed by atoms with E-state index in [0.717, 1.165) is 18.0 Å². The SMILES string of the molecule is NNC(CC1CCCC1)c1csnn1. The minimum atomic E-state index is 0.192. The normalized spacial score (nSPS) is 20.1. The second-order valence-electron chi connectivity index (χ2n) is 3.94. The molecule has 3 N–H and O–H groups in total. The van der Waals surface area contributed by atoms with Crippen LogP contribution in [0.1, 0.15) is 43.8 Å². The molecule has 1 unspecified atom stereocenters. The predicted octanol–water partition coefficient (Wildman–Crippen LogP) is 1.62. The van der Waals surface area contributed by atoms with E-state index in [2.05, 4.69) is 15.0 Å². The van der Waals surface area contributed by atoms with Crippen LogP contribution >= 0.6 is 11.5 Å². The number of aromatic nitrogens is 2. The largest absolute Gasteiger partial charge is 0.271 e. The fourth-order valence-electron chi connectivity index (χ4n) is 2.18. The molecule has 5 heteroatoms. The average Bonchev–Trinajstić information content (AvgIpc) is 2.86. The maximum Gasteiger partial charge on any atom is 0.0938 e. The summed E-state index contributed by atoms with van der Waals surface area (Å²) in [6, 6.07) is 0.192. The fraction of sp³-hybridized carbons (Fsp3) is 0.778. The van der Waals surface area contributed by atoms with Gasteiger partial charge in [-0.25, -0.2) is 0 Å². The molecule has 1 heterocycles. The van der Waals surface area contributed by atoms with Crippen LogP contribution in [0.4, 0.5) is 0 Å². The zero-order valence-corrected chi connectivity index (χ0v) is 8.96. The highest BCUT2D eigenvalue weighted by Gasteiger charge is 2.21. The Labute approximate surface area is 88.0 Å². The van der Waals surface area contributed by atoms with Crippen molar-refractivity contribution >= 4 is 11.5 Å². The van der Waals surface area contributed by atoms with Crippen molar-refractivity contribution in [3.8, 4) is 0 Å². The molecule has 1 aliphatic rings. The molecule has 14 heavy (non-hydrogen) atoms. The standard InChI is InChI=1S/C9H16N4S/c10-11-8(9-6-14-13-12-9)5-7-3-1-2-4-7/h6-8,11H,1-5,10H2. The van der Waals surface area contributed by atoms with Crippen molar-refractivity contribution in [1.82, 2.24) is 15.0 Å². The number of rotatable bonds is 4. The molecule has 0 amide bonds. The first-order valence-electron chi connectivity index (χ1n) is 5.13. The zero-order valence-electron chi connectivity index (χ0n) is 8.15. The average molecular weight is 212 g/mol. The van der Waals surface area contributed by atoms with Crippen LogP contribution in [0.2, 0.25) is 0 Å². The molecule has 0 radical (unpaired) electrons. The van der Waals surface area contributed by atoms with Crippen LogP contribution in [-0.4, -0.2) is 9.59 Å². The molecular weight excluding hydrogens is 196 g/mol. The van der Waals surface area contributed by atoms with Gasteiger partial charge in [-0.05, 0) is 23.9 Å². The molecule has 1 fully saturated rings. The molecule has 0 aliphatic heterocycles. The third-order valence-corrected chi connectivity index (χ3v) is 3.50. The van der Waals surface area contributed by atoms with Crippen molar-refractivity contribution in [1.29, 1.82) is 0 Å². The van der Waals surface area contributed by atoms with Gasteiger partial charge in [0.2, 0.25) is 0 Å². The summed E-state index contributed by atoms with van der Waals surface area (Å²) in [6.45, 7) is 0. The molecule has 0 aromatic carbocycles. The monoisotopic (exact) mass is 212 g/mol. The van der Waals surface area contributed by atoms with Crippen LogP contribution in [0.5, 0.6) is 0 Å². The van der Waals surface area contributed by atoms with E-state index in [-0.39, 0.29) is 6.04 Å². The van der Waals surface area contributed by atoms with E-state index in [9.17, 15) is 0 Å². The first-order valence-corrected chi connectivity index (χ1v) is 5.97. The maximum absolute atomic E-state index is 5.53. The van der Waals surface area contributed by atoms with E-state index in [1.165, 1.54) is 37.2 Å². The number of nitrogens with one attached hydrogen (secondary N) is 1. The van der Waals surface area contributed by atoms with Crippen molar-refractivity contribution < 1.29 is 0 Å². The molecule has 0 bridgehead atoms. The van der Waals surface area contributed by atoms with Gasteiger partial charge in [0.1, 0.15) is 0 Å². The summed E-state index contributed by atoms with van der Waals surface area (Å²) in [5, 5.41) is 6.03. The number of hydrogen-bond donors (Lipinski definition) is 2. The van der Waals surface area contributed by atoms with Crippen molar-refractivity contribution in [2.75, 3.05) is 0 Å². The van der Waals surface area contributed by atoms with Gasteiger partial charge in [-0.2, -0.15) is 0 Å². The molecule has 0 saturated heterocycles. The first-order chi connectivity index (χ1) is 6.90. The van der Waals surface area contributed by atoms with Gasteiger partial charge in [0.25, 0.3) is 0 Å². The van der Waals surface area contributed by atoms with Crippen molar-refractivity contribution in [3.63, 3.8) is 0 Å². The lowest BCUT2D eigenvalue weighted by Gasteiger charge is -2.17. The van der Waals surface area contributed by atoms with Gasteiger partial charge < -0.3 is 0 Å². The van der Waals surface area contributed by atoms with Gasteiger partial charge in [0.05, 0.1) is 11.7 Å². The predicted molar refractivity (Wildman–Crippen MR) is 56.5 cm³/mol. The summed E-state index contributed by atoms with van der Waals surface area (Å²) in [4.78, 5) is 0. The van der Waals surface area contributed by atoms with Crippen LogP contribution in [0.25, 0.3) is 0 Å². The lowest BCUT2D eigenvalue weighted by atomic mass is 9.97. The molecule has 1 atom stereocenters. The fourth-order valence-corrected chi connectivity index (χ4v) is 2.69. The van der Waals surface area contributed by atoms with Gasteiger partial charge in [-0.1, -0.05) is 30.2 Å². The molecule has 0 spiro atoms. The molecule has 1 saturated carbocycles. The maximum atomic E-state index is 5.53. The molecule has 4 nitrogen and oxygen atoms in total. The molecule has 1 aliphatic carbocycles. The Morgan fingerprint density at radius 3 is 2.93 bits per heavy atom. The third-order valence-electron chi connectivity index (χ3n) is 2.98. The van der Waals surface area contributed by atoms with E-state index < -0.39 is 0 Å². The molecule has 2 rings (SSSR count).